The van der Waals surface area contributed by atoms with E-state index in [2.05, 4.69) is 21.6 Å². The van der Waals surface area contributed by atoms with Crippen LogP contribution in [-0.2, 0) is 6.54 Å². The fourth-order valence-electron chi connectivity index (χ4n) is 2.75. The molecular formula is C19H23N5O. The Kier molecular flexibility index (Phi) is 4.97. The second kappa shape index (κ2) is 7.34. The van der Waals surface area contributed by atoms with Gasteiger partial charge in [0.25, 0.3) is 5.91 Å². The molecule has 0 aliphatic carbocycles. The van der Waals surface area contributed by atoms with Crippen molar-refractivity contribution in [3.8, 4) is 5.69 Å². The molecule has 2 aromatic heterocycles. The first kappa shape index (κ1) is 17.0. The van der Waals surface area contributed by atoms with Crippen molar-refractivity contribution in [3.63, 3.8) is 0 Å². The van der Waals surface area contributed by atoms with Gasteiger partial charge >= 0.3 is 0 Å². The topological polar surface area (TPSA) is 64.7 Å². The van der Waals surface area contributed by atoms with Crippen LogP contribution in [0.3, 0.4) is 0 Å². The molecule has 6 heteroatoms. The summed E-state index contributed by atoms with van der Waals surface area (Å²) in [6.45, 7) is 7.45. The number of carbonyl (C=O) groups excluding carboxylic acids is 1. The minimum absolute atomic E-state index is 0.0587. The molecule has 0 saturated heterocycles. The average molecular weight is 337 g/mol. The van der Waals surface area contributed by atoms with E-state index >= 15 is 0 Å². The zero-order valence-electron chi connectivity index (χ0n) is 14.9. The van der Waals surface area contributed by atoms with E-state index in [4.69, 9.17) is 0 Å². The number of benzene rings is 1. The zero-order valence-corrected chi connectivity index (χ0v) is 14.9. The van der Waals surface area contributed by atoms with Crippen LogP contribution in [-0.4, -0.2) is 32.0 Å². The molecule has 0 aliphatic heterocycles. The molecular weight excluding hydrogens is 314 g/mol. The number of hydrogen-bond donors (Lipinski definition) is 1. The van der Waals surface area contributed by atoms with Crippen LogP contribution in [0.15, 0.2) is 42.7 Å². The summed E-state index contributed by atoms with van der Waals surface area (Å²) >= 11 is 0. The summed E-state index contributed by atoms with van der Waals surface area (Å²) in [4.78, 5) is 12.2. The van der Waals surface area contributed by atoms with Gasteiger partial charge in [-0.3, -0.25) is 9.48 Å². The highest BCUT2D eigenvalue weighted by Gasteiger charge is 2.06. The molecule has 0 atom stereocenters. The Hall–Kier alpha value is -2.89. The monoisotopic (exact) mass is 337 g/mol. The van der Waals surface area contributed by atoms with Crippen molar-refractivity contribution >= 4 is 5.91 Å². The molecule has 1 N–H and O–H groups in total. The number of nitrogens with one attached hydrogen (secondary N) is 1. The number of aryl methyl sites for hydroxylation is 4. The molecule has 6 nitrogen and oxygen atoms in total. The number of aromatic nitrogens is 4. The minimum atomic E-state index is -0.0587. The van der Waals surface area contributed by atoms with Crippen LogP contribution in [0.5, 0.6) is 0 Å². The lowest BCUT2D eigenvalue weighted by atomic mass is 10.2. The lowest BCUT2D eigenvalue weighted by Gasteiger charge is -2.07. The fourth-order valence-corrected chi connectivity index (χ4v) is 2.75. The van der Waals surface area contributed by atoms with Crippen molar-refractivity contribution in [2.75, 3.05) is 6.54 Å². The molecule has 0 radical (unpaired) electrons. The Labute approximate surface area is 147 Å². The van der Waals surface area contributed by atoms with Crippen molar-refractivity contribution < 1.29 is 4.79 Å². The summed E-state index contributed by atoms with van der Waals surface area (Å²) in [5, 5.41) is 11.6. The molecule has 0 bridgehead atoms. The molecule has 3 rings (SSSR count). The largest absolute Gasteiger partial charge is 0.352 e. The van der Waals surface area contributed by atoms with E-state index in [1.54, 1.807) is 4.68 Å². The van der Waals surface area contributed by atoms with Gasteiger partial charge in [-0.15, -0.1) is 0 Å². The van der Waals surface area contributed by atoms with Gasteiger partial charge in [0.1, 0.15) is 0 Å². The lowest BCUT2D eigenvalue weighted by Crippen LogP contribution is -2.25. The van der Waals surface area contributed by atoms with Gasteiger partial charge in [0, 0.05) is 30.5 Å². The summed E-state index contributed by atoms with van der Waals surface area (Å²) in [7, 11) is 0. The Morgan fingerprint density at radius 2 is 1.92 bits per heavy atom. The molecule has 0 spiro atoms. The molecule has 130 valence electrons. The highest BCUT2D eigenvalue weighted by Crippen LogP contribution is 2.10. The van der Waals surface area contributed by atoms with Crippen molar-refractivity contribution in [2.24, 2.45) is 0 Å². The molecule has 1 aromatic carbocycles. The second-order valence-corrected chi connectivity index (χ2v) is 6.27. The van der Waals surface area contributed by atoms with E-state index in [9.17, 15) is 4.79 Å². The van der Waals surface area contributed by atoms with Crippen LogP contribution in [0.2, 0.25) is 0 Å². The highest BCUT2D eigenvalue weighted by molar-refractivity contribution is 5.94. The third kappa shape index (κ3) is 4.15. The van der Waals surface area contributed by atoms with Crippen LogP contribution in [0.4, 0.5) is 0 Å². The van der Waals surface area contributed by atoms with Crippen LogP contribution >= 0.6 is 0 Å². The predicted molar refractivity (Wildman–Crippen MR) is 97.0 cm³/mol. The number of rotatable bonds is 6. The summed E-state index contributed by atoms with van der Waals surface area (Å²) in [6, 6.07) is 9.50. The molecule has 2 heterocycles. The normalized spacial score (nSPS) is 10.8. The maximum atomic E-state index is 12.2. The maximum Gasteiger partial charge on any atom is 0.251 e. The van der Waals surface area contributed by atoms with Gasteiger partial charge in [-0.2, -0.15) is 10.2 Å². The van der Waals surface area contributed by atoms with Crippen molar-refractivity contribution in [1.29, 1.82) is 0 Å². The van der Waals surface area contributed by atoms with Crippen molar-refractivity contribution in [2.45, 2.75) is 33.7 Å². The first-order valence-electron chi connectivity index (χ1n) is 8.44. The van der Waals surface area contributed by atoms with Gasteiger partial charge in [-0.1, -0.05) is 0 Å². The van der Waals surface area contributed by atoms with Crippen LogP contribution in [0, 0.1) is 20.8 Å². The second-order valence-electron chi connectivity index (χ2n) is 6.27. The van der Waals surface area contributed by atoms with Gasteiger partial charge < -0.3 is 5.32 Å². The fraction of sp³-hybridized carbons (Fsp3) is 0.316. The number of hydrogen-bond acceptors (Lipinski definition) is 3. The summed E-state index contributed by atoms with van der Waals surface area (Å²) in [5.74, 6) is -0.0587. The van der Waals surface area contributed by atoms with E-state index in [0.29, 0.717) is 12.1 Å². The van der Waals surface area contributed by atoms with E-state index in [1.807, 2.05) is 62.1 Å². The number of carbonyl (C=O) groups is 1. The third-order valence-electron chi connectivity index (χ3n) is 4.04. The molecule has 1 amide bonds. The summed E-state index contributed by atoms with van der Waals surface area (Å²) < 4.78 is 3.77. The Balaban J connectivity index is 1.50. The summed E-state index contributed by atoms with van der Waals surface area (Å²) in [5.41, 5.74) is 4.86. The molecule has 0 fully saturated rings. The van der Waals surface area contributed by atoms with Gasteiger partial charge in [0.05, 0.1) is 17.6 Å². The Morgan fingerprint density at radius 3 is 2.52 bits per heavy atom. The molecule has 0 saturated carbocycles. The van der Waals surface area contributed by atoms with Gasteiger partial charge in [0.2, 0.25) is 0 Å². The Morgan fingerprint density at radius 1 is 1.16 bits per heavy atom. The van der Waals surface area contributed by atoms with Gasteiger partial charge in [-0.05, 0) is 63.1 Å². The number of nitrogens with zero attached hydrogens (tertiary/aromatic N) is 4. The molecule has 0 unspecified atom stereocenters. The van der Waals surface area contributed by atoms with Crippen LogP contribution < -0.4 is 5.32 Å². The zero-order chi connectivity index (χ0) is 17.8. The van der Waals surface area contributed by atoms with Crippen molar-refractivity contribution in [1.82, 2.24) is 24.9 Å². The smallest absolute Gasteiger partial charge is 0.251 e. The maximum absolute atomic E-state index is 12.2. The van der Waals surface area contributed by atoms with E-state index in [0.717, 1.165) is 35.6 Å². The van der Waals surface area contributed by atoms with Gasteiger partial charge in [-0.25, -0.2) is 4.68 Å². The first-order valence-corrected chi connectivity index (χ1v) is 8.44. The minimum Gasteiger partial charge on any atom is -0.352 e. The highest BCUT2D eigenvalue weighted by atomic mass is 16.1. The van der Waals surface area contributed by atoms with Crippen molar-refractivity contribution in [3.05, 3.63) is 65.2 Å². The standard InChI is InChI=1S/C19H23N5O/c1-14-12-21-24(13-14)18-7-5-17(6-8-18)19(25)20-9-4-10-23-16(3)11-15(2)22-23/h5-8,11-13H,4,9-10H2,1-3H3,(H,20,25). The number of amides is 1. The Bertz CT molecular complexity index is 860. The lowest BCUT2D eigenvalue weighted by molar-refractivity contribution is 0.0952. The quantitative estimate of drug-likeness (QED) is 0.704. The average Bonchev–Trinajstić information content (AvgIpc) is 3.17. The van der Waals surface area contributed by atoms with E-state index in [1.165, 1.54) is 0 Å². The molecule has 3 aromatic rings. The predicted octanol–water partition coefficient (Wildman–Crippen LogP) is 2.81. The molecule has 0 aliphatic rings. The molecule has 25 heavy (non-hydrogen) atoms. The van der Waals surface area contributed by atoms with E-state index in [-0.39, 0.29) is 5.91 Å². The first-order chi connectivity index (χ1) is 12.0. The van der Waals surface area contributed by atoms with Gasteiger partial charge in [0.15, 0.2) is 0 Å². The van der Waals surface area contributed by atoms with Crippen LogP contribution in [0.25, 0.3) is 5.69 Å². The third-order valence-corrected chi connectivity index (χ3v) is 4.04. The van der Waals surface area contributed by atoms with Crippen LogP contribution in [0.1, 0.15) is 33.7 Å². The van der Waals surface area contributed by atoms with E-state index < -0.39 is 0 Å². The SMILES string of the molecule is Cc1cnn(-c2ccc(C(=O)NCCCn3nc(C)cc3C)cc2)c1. The summed E-state index contributed by atoms with van der Waals surface area (Å²) in [6.07, 6.45) is 4.61.